The number of carboxylic acid groups (broad SMARTS) is 1. The number of amides is 1. The van der Waals surface area contributed by atoms with Crippen molar-refractivity contribution < 1.29 is 14.7 Å². The van der Waals surface area contributed by atoms with Gasteiger partial charge < -0.3 is 16.2 Å². The lowest BCUT2D eigenvalue weighted by Crippen LogP contribution is -2.54. The van der Waals surface area contributed by atoms with Gasteiger partial charge in [0.1, 0.15) is 6.04 Å². The first kappa shape index (κ1) is 12.0. The van der Waals surface area contributed by atoms with Gasteiger partial charge in [0.15, 0.2) is 0 Å². The largest absolute Gasteiger partial charge is 0.480 e. The van der Waals surface area contributed by atoms with Crippen LogP contribution >= 0.6 is 0 Å². The Bertz CT molecular complexity index is 256. The molecule has 1 rings (SSSR count). The summed E-state index contributed by atoms with van der Waals surface area (Å²) in [7, 11) is 0. The van der Waals surface area contributed by atoms with Gasteiger partial charge in [-0.1, -0.05) is 13.3 Å². The van der Waals surface area contributed by atoms with Crippen LogP contribution in [0.2, 0.25) is 0 Å². The molecule has 0 spiro atoms. The second kappa shape index (κ2) is 4.61. The van der Waals surface area contributed by atoms with E-state index in [0.29, 0.717) is 13.0 Å². The zero-order valence-corrected chi connectivity index (χ0v) is 8.95. The smallest absolute Gasteiger partial charge is 0.326 e. The van der Waals surface area contributed by atoms with E-state index in [9.17, 15) is 9.59 Å². The topological polar surface area (TPSA) is 92.4 Å². The Morgan fingerprint density at radius 3 is 2.40 bits per heavy atom. The molecule has 15 heavy (non-hydrogen) atoms. The van der Waals surface area contributed by atoms with Gasteiger partial charge in [-0.05, 0) is 19.3 Å². The molecular formula is C10H18N2O3. The van der Waals surface area contributed by atoms with E-state index in [0.717, 1.165) is 19.3 Å². The molecule has 0 radical (unpaired) electrons. The number of carbonyl (C=O) groups excluding carboxylic acids is 1. The van der Waals surface area contributed by atoms with E-state index < -0.39 is 17.4 Å². The summed E-state index contributed by atoms with van der Waals surface area (Å²) in [4.78, 5) is 22.5. The van der Waals surface area contributed by atoms with Gasteiger partial charge in [-0.2, -0.15) is 0 Å². The van der Waals surface area contributed by atoms with Crippen LogP contribution in [0.15, 0.2) is 0 Å². The maximum absolute atomic E-state index is 11.8. The first-order valence-corrected chi connectivity index (χ1v) is 5.29. The molecule has 4 N–H and O–H groups in total. The first-order valence-electron chi connectivity index (χ1n) is 5.29. The molecule has 86 valence electrons. The molecule has 1 aliphatic carbocycles. The molecule has 0 aromatic heterocycles. The molecule has 0 bridgehead atoms. The van der Waals surface area contributed by atoms with Gasteiger partial charge >= 0.3 is 5.97 Å². The van der Waals surface area contributed by atoms with Crippen LogP contribution in [0.1, 0.15) is 32.6 Å². The summed E-state index contributed by atoms with van der Waals surface area (Å²) in [6, 6.07) is -0.790. The van der Waals surface area contributed by atoms with Crippen LogP contribution in [0, 0.1) is 5.41 Å². The number of aliphatic carboxylic acids is 1. The van der Waals surface area contributed by atoms with Gasteiger partial charge in [0.05, 0.1) is 5.41 Å². The van der Waals surface area contributed by atoms with Crippen LogP contribution in [0.5, 0.6) is 0 Å². The highest BCUT2D eigenvalue weighted by Gasteiger charge is 2.43. The van der Waals surface area contributed by atoms with E-state index >= 15 is 0 Å². The Morgan fingerprint density at radius 2 is 2.13 bits per heavy atom. The summed E-state index contributed by atoms with van der Waals surface area (Å²) in [5.74, 6) is -1.19. The Balaban J connectivity index is 2.57. The molecule has 1 saturated carbocycles. The molecule has 0 heterocycles. The highest BCUT2D eigenvalue weighted by Crippen LogP contribution is 2.40. The number of hydrogen-bond acceptors (Lipinski definition) is 3. The maximum Gasteiger partial charge on any atom is 0.326 e. The van der Waals surface area contributed by atoms with E-state index in [1.54, 1.807) is 6.92 Å². The monoisotopic (exact) mass is 214 g/mol. The van der Waals surface area contributed by atoms with Crippen molar-refractivity contribution in [2.75, 3.05) is 6.54 Å². The van der Waals surface area contributed by atoms with Crippen LogP contribution in [-0.4, -0.2) is 29.6 Å². The number of carbonyl (C=O) groups is 2. The van der Waals surface area contributed by atoms with Gasteiger partial charge in [0, 0.05) is 6.54 Å². The second-order valence-electron chi connectivity index (χ2n) is 4.11. The fourth-order valence-corrected chi connectivity index (χ4v) is 1.78. The minimum Gasteiger partial charge on any atom is -0.480 e. The minimum atomic E-state index is -0.989. The summed E-state index contributed by atoms with van der Waals surface area (Å²) < 4.78 is 0. The highest BCUT2D eigenvalue weighted by atomic mass is 16.4. The molecule has 1 atom stereocenters. The molecular weight excluding hydrogens is 196 g/mol. The van der Waals surface area contributed by atoms with Crippen molar-refractivity contribution in [3.05, 3.63) is 0 Å². The summed E-state index contributed by atoms with van der Waals surface area (Å²) in [5.41, 5.74) is 5.06. The van der Waals surface area contributed by atoms with Gasteiger partial charge in [-0.25, -0.2) is 4.79 Å². The van der Waals surface area contributed by atoms with Crippen molar-refractivity contribution in [2.45, 2.75) is 38.6 Å². The van der Waals surface area contributed by atoms with E-state index in [2.05, 4.69) is 5.32 Å². The number of rotatable bonds is 5. The molecule has 5 heteroatoms. The van der Waals surface area contributed by atoms with Gasteiger partial charge in [-0.15, -0.1) is 0 Å². The number of nitrogens with one attached hydrogen (secondary N) is 1. The molecule has 0 aromatic rings. The van der Waals surface area contributed by atoms with Crippen molar-refractivity contribution in [1.82, 2.24) is 5.32 Å². The minimum absolute atomic E-state index is 0.203. The molecule has 0 saturated heterocycles. The number of carboxylic acids is 1. The van der Waals surface area contributed by atoms with Crippen molar-refractivity contribution in [2.24, 2.45) is 11.1 Å². The lowest BCUT2D eigenvalue weighted by Gasteiger charge is -2.39. The average molecular weight is 214 g/mol. The van der Waals surface area contributed by atoms with E-state index in [1.165, 1.54) is 0 Å². The van der Waals surface area contributed by atoms with E-state index in [1.807, 2.05) is 0 Å². The number of hydrogen-bond donors (Lipinski definition) is 3. The van der Waals surface area contributed by atoms with Crippen molar-refractivity contribution in [1.29, 1.82) is 0 Å². The fourth-order valence-electron chi connectivity index (χ4n) is 1.78. The zero-order chi connectivity index (χ0) is 11.5. The molecule has 0 aromatic carbocycles. The third-order valence-electron chi connectivity index (χ3n) is 3.19. The van der Waals surface area contributed by atoms with Crippen LogP contribution in [0.3, 0.4) is 0 Å². The standard InChI is InChI=1S/C10H18N2O3/c1-2-7(8(13)14)12-9(15)10(6-11)4-3-5-10/h7H,2-6,11H2,1H3,(H,12,15)(H,13,14)/t7-/m1/s1. The lowest BCUT2D eigenvalue weighted by molar-refractivity contribution is -0.145. The van der Waals surface area contributed by atoms with Crippen molar-refractivity contribution in [3.8, 4) is 0 Å². The van der Waals surface area contributed by atoms with E-state index in [-0.39, 0.29) is 5.91 Å². The third-order valence-corrected chi connectivity index (χ3v) is 3.19. The summed E-state index contributed by atoms with van der Waals surface area (Å²) in [6.45, 7) is 2.03. The van der Waals surface area contributed by atoms with Gasteiger partial charge in [-0.3, -0.25) is 4.79 Å². The van der Waals surface area contributed by atoms with Gasteiger partial charge in [0.2, 0.25) is 5.91 Å². The summed E-state index contributed by atoms with van der Waals surface area (Å²) >= 11 is 0. The number of nitrogens with two attached hydrogens (primary N) is 1. The molecule has 0 aliphatic heterocycles. The molecule has 1 amide bonds. The molecule has 1 aliphatic rings. The van der Waals surface area contributed by atoms with Crippen LogP contribution < -0.4 is 11.1 Å². The molecule has 5 nitrogen and oxygen atoms in total. The zero-order valence-electron chi connectivity index (χ0n) is 8.95. The quantitative estimate of drug-likeness (QED) is 0.605. The third kappa shape index (κ3) is 2.28. The predicted octanol–water partition coefficient (Wildman–Crippen LogP) is 0.0948. The molecule has 0 unspecified atom stereocenters. The summed E-state index contributed by atoms with van der Waals surface area (Å²) in [6.07, 6.45) is 2.92. The van der Waals surface area contributed by atoms with Crippen LogP contribution in [0.25, 0.3) is 0 Å². The van der Waals surface area contributed by atoms with Crippen LogP contribution in [-0.2, 0) is 9.59 Å². The predicted molar refractivity (Wildman–Crippen MR) is 55.2 cm³/mol. The SMILES string of the molecule is CC[C@@H](NC(=O)C1(CN)CCC1)C(=O)O. The van der Waals surface area contributed by atoms with E-state index in [4.69, 9.17) is 10.8 Å². The van der Waals surface area contributed by atoms with Crippen molar-refractivity contribution in [3.63, 3.8) is 0 Å². The maximum atomic E-state index is 11.8. The average Bonchev–Trinajstić information content (AvgIpc) is 2.12. The Hall–Kier alpha value is -1.10. The Kier molecular flexibility index (Phi) is 3.68. The van der Waals surface area contributed by atoms with Crippen molar-refractivity contribution >= 4 is 11.9 Å². The highest BCUT2D eigenvalue weighted by molar-refractivity contribution is 5.88. The van der Waals surface area contributed by atoms with Crippen LogP contribution in [0.4, 0.5) is 0 Å². The second-order valence-corrected chi connectivity index (χ2v) is 4.11. The summed E-state index contributed by atoms with van der Waals surface area (Å²) in [5, 5.41) is 11.3. The fraction of sp³-hybridized carbons (Fsp3) is 0.800. The Morgan fingerprint density at radius 1 is 1.53 bits per heavy atom. The lowest BCUT2D eigenvalue weighted by atomic mass is 9.68. The Labute approximate surface area is 89.0 Å². The normalized spacial score (nSPS) is 20.1. The van der Waals surface area contributed by atoms with Gasteiger partial charge in [0.25, 0.3) is 0 Å². The molecule has 1 fully saturated rings. The first-order chi connectivity index (χ1) is 7.05.